The van der Waals surface area contributed by atoms with Crippen LogP contribution in [0.25, 0.3) is 0 Å². The molecule has 1 rings (SSSR count). The Morgan fingerprint density at radius 2 is 1.79 bits per heavy atom. The quantitative estimate of drug-likeness (QED) is 0.821. The number of nitrogens with two attached hydrogens (primary N) is 1. The molecular formula is C18H31N. The highest BCUT2D eigenvalue weighted by Gasteiger charge is 2.20. The lowest BCUT2D eigenvalue weighted by Crippen LogP contribution is -2.16. The summed E-state index contributed by atoms with van der Waals surface area (Å²) in [5.74, 6) is 1.23. The number of benzene rings is 1. The molecule has 0 aliphatic heterocycles. The zero-order valence-electron chi connectivity index (χ0n) is 13.6. The maximum atomic E-state index is 5.72. The highest BCUT2D eigenvalue weighted by Crippen LogP contribution is 2.33. The van der Waals surface area contributed by atoms with Gasteiger partial charge >= 0.3 is 0 Å². The van der Waals surface area contributed by atoms with Gasteiger partial charge in [0.2, 0.25) is 0 Å². The molecule has 1 aromatic carbocycles. The zero-order chi connectivity index (χ0) is 14.6. The molecule has 0 saturated carbocycles. The molecule has 0 saturated heterocycles. The van der Waals surface area contributed by atoms with Gasteiger partial charge in [-0.15, -0.1) is 0 Å². The SMILES string of the molecule is CCc1ccc(C(C)(C)C)cc1C(C)C(C)CCN. The van der Waals surface area contributed by atoms with E-state index in [1.807, 2.05) is 0 Å². The van der Waals surface area contributed by atoms with Crippen LogP contribution in [-0.4, -0.2) is 6.54 Å². The number of aryl methyl sites for hydroxylation is 1. The summed E-state index contributed by atoms with van der Waals surface area (Å²) in [6.07, 6.45) is 2.21. The monoisotopic (exact) mass is 261 g/mol. The Morgan fingerprint density at radius 3 is 2.26 bits per heavy atom. The predicted octanol–water partition coefficient (Wildman–Crippen LogP) is 4.63. The lowest BCUT2D eigenvalue weighted by molar-refractivity contribution is 0.456. The van der Waals surface area contributed by atoms with Crippen LogP contribution in [0.4, 0.5) is 0 Å². The van der Waals surface area contributed by atoms with Gasteiger partial charge in [0.15, 0.2) is 0 Å². The maximum absolute atomic E-state index is 5.72. The molecule has 0 bridgehead atoms. The van der Waals surface area contributed by atoms with E-state index in [2.05, 4.69) is 59.7 Å². The summed E-state index contributed by atoms with van der Waals surface area (Å²) in [7, 11) is 0. The third kappa shape index (κ3) is 4.07. The standard InChI is InChI=1S/C18H31N/c1-7-15-8-9-16(18(4,5)6)12-17(15)14(3)13(2)10-11-19/h8-9,12-14H,7,10-11,19H2,1-6H3. The van der Waals surface area contributed by atoms with Crippen molar-refractivity contribution in [3.63, 3.8) is 0 Å². The molecular weight excluding hydrogens is 230 g/mol. The first kappa shape index (κ1) is 16.2. The van der Waals surface area contributed by atoms with E-state index in [9.17, 15) is 0 Å². The average Bonchev–Trinajstić information content (AvgIpc) is 2.36. The van der Waals surface area contributed by atoms with E-state index in [1.165, 1.54) is 16.7 Å². The van der Waals surface area contributed by atoms with Crippen LogP contribution in [0.1, 0.15) is 70.6 Å². The van der Waals surface area contributed by atoms with Gasteiger partial charge in [-0.25, -0.2) is 0 Å². The second kappa shape index (κ2) is 6.56. The Bertz CT molecular complexity index is 401. The van der Waals surface area contributed by atoms with E-state index in [4.69, 9.17) is 5.73 Å². The fourth-order valence-electron chi connectivity index (χ4n) is 2.63. The predicted molar refractivity (Wildman–Crippen MR) is 85.8 cm³/mol. The lowest BCUT2D eigenvalue weighted by Gasteiger charge is -2.26. The van der Waals surface area contributed by atoms with Gasteiger partial charge in [-0.3, -0.25) is 0 Å². The first-order chi connectivity index (χ1) is 8.81. The van der Waals surface area contributed by atoms with Crippen molar-refractivity contribution in [3.8, 4) is 0 Å². The molecule has 0 radical (unpaired) electrons. The van der Waals surface area contributed by atoms with Crippen LogP contribution in [0.5, 0.6) is 0 Å². The molecule has 0 fully saturated rings. The Kier molecular flexibility index (Phi) is 5.61. The summed E-state index contributed by atoms with van der Waals surface area (Å²) >= 11 is 0. The van der Waals surface area contributed by atoms with Crippen LogP contribution in [0.3, 0.4) is 0 Å². The van der Waals surface area contributed by atoms with Gasteiger partial charge in [0.1, 0.15) is 0 Å². The fraction of sp³-hybridized carbons (Fsp3) is 0.667. The molecule has 0 spiro atoms. The van der Waals surface area contributed by atoms with Gasteiger partial charge in [-0.2, -0.15) is 0 Å². The maximum Gasteiger partial charge on any atom is -0.00745 e. The minimum atomic E-state index is 0.220. The minimum absolute atomic E-state index is 0.220. The Balaban J connectivity index is 3.15. The summed E-state index contributed by atoms with van der Waals surface area (Å²) in [5.41, 5.74) is 10.4. The van der Waals surface area contributed by atoms with Crippen molar-refractivity contribution in [1.82, 2.24) is 0 Å². The second-order valence-corrected chi connectivity index (χ2v) is 6.86. The summed E-state index contributed by atoms with van der Waals surface area (Å²) < 4.78 is 0. The van der Waals surface area contributed by atoms with Crippen LogP contribution in [0.2, 0.25) is 0 Å². The third-order valence-corrected chi connectivity index (χ3v) is 4.36. The smallest absolute Gasteiger partial charge is 0.00745 e. The van der Waals surface area contributed by atoms with Gasteiger partial charge in [-0.05, 0) is 53.3 Å². The van der Waals surface area contributed by atoms with Gasteiger partial charge in [0, 0.05) is 0 Å². The molecule has 2 unspecified atom stereocenters. The van der Waals surface area contributed by atoms with Crippen LogP contribution in [0, 0.1) is 5.92 Å². The Labute approximate surface area is 119 Å². The lowest BCUT2D eigenvalue weighted by atomic mass is 9.79. The van der Waals surface area contributed by atoms with Gasteiger partial charge in [-0.1, -0.05) is 59.7 Å². The summed E-state index contributed by atoms with van der Waals surface area (Å²) in [6.45, 7) is 14.5. The number of rotatable bonds is 5. The van der Waals surface area contributed by atoms with E-state index in [-0.39, 0.29) is 5.41 Å². The topological polar surface area (TPSA) is 26.0 Å². The van der Waals surface area contributed by atoms with Crippen molar-refractivity contribution < 1.29 is 0 Å². The molecule has 1 nitrogen and oxygen atoms in total. The molecule has 19 heavy (non-hydrogen) atoms. The Hall–Kier alpha value is -0.820. The molecule has 1 aromatic rings. The fourth-order valence-corrected chi connectivity index (χ4v) is 2.63. The summed E-state index contributed by atoms with van der Waals surface area (Å²) in [5, 5.41) is 0. The van der Waals surface area contributed by atoms with Crippen molar-refractivity contribution in [1.29, 1.82) is 0 Å². The van der Waals surface area contributed by atoms with Crippen LogP contribution in [0.15, 0.2) is 18.2 Å². The van der Waals surface area contributed by atoms with E-state index in [0.29, 0.717) is 11.8 Å². The highest BCUT2D eigenvalue weighted by molar-refractivity contribution is 5.37. The first-order valence-electron chi connectivity index (χ1n) is 7.64. The average molecular weight is 261 g/mol. The van der Waals surface area contributed by atoms with Crippen molar-refractivity contribution in [2.45, 2.75) is 65.7 Å². The zero-order valence-corrected chi connectivity index (χ0v) is 13.6. The van der Waals surface area contributed by atoms with Crippen molar-refractivity contribution in [2.24, 2.45) is 11.7 Å². The molecule has 108 valence electrons. The third-order valence-electron chi connectivity index (χ3n) is 4.36. The van der Waals surface area contributed by atoms with Crippen LogP contribution < -0.4 is 5.73 Å². The van der Waals surface area contributed by atoms with Gasteiger partial charge in [0.05, 0.1) is 0 Å². The summed E-state index contributed by atoms with van der Waals surface area (Å²) in [6, 6.07) is 7.04. The molecule has 0 heterocycles. The molecule has 0 aliphatic carbocycles. The molecule has 0 aliphatic rings. The van der Waals surface area contributed by atoms with Crippen molar-refractivity contribution in [2.75, 3.05) is 6.54 Å². The molecule has 1 heteroatoms. The molecule has 0 amide bonds. The van der Waals surface area contributed by atoms with Gasteiger partial charge < -0.3 is 5.73 Å². The largest absolute Gasteiger partial charge is 0.330 e. The normalized spacial score (nSPS) is 15.3. The first-order valence-corrected chi connectivity index (χ1v) is 7.64. The van der Waals surface area contributed by atoms with E-state index in [1.54, 1.807) is 0 Å². The minimum Gasteiger partial charge on any atom is -0.330 e. The molecule has 2 atom stereocenters. The van der Waals surface area contributed by atoms with E-state index < -0.39 is 0 Å². The number of hydrogen-bond acceptors (Lipinski definition) is 1. The van der Waals surface area contributed by atoms with Crippen molar-refractivity contribution >= 4 is 0 Å². The summed E-state index contributed by atoms with van der Waals surface area (Å²) in [4.78, 5) is 0. The highest BCUT2D eigenvalue weighted by atomic mass is 14.5. The molecule has 0 aromatic heterocycles. The second-order valence-electron chi connectivity index (χ2n) is 6.86. The Morgan fingerprint density at radius 1 is 1.16 bits per heavy atom. The van der Waals surface area contributed by atoms with E-state index in [0.717, 1.165) is 19.4 Å². The van der Waals surface area contributed by atoms with Crippen molar-refractivity contribution in [3.05, 3.63) is 34.9 Å². The van der Waals surface area contributed by atoms with Crippen LogP contribution >= 0.6 is 0 Å². The number of hydrogen-bond donors (Lipinski definition) is 1. The van der Waals surface area contributed by atoms with Gasteiger partial charge in [0.25, 0.3) is 0 Å². The molecule has 2 N–H and O–H groups in total. The van der Waals surface area contributed by atoms with Crippen LogP contribution in [-0.2, 0) is 11.8 Å². The van der Waals surface area contributed by atoms with E-state index >= 15 is 0 Å².